The Kier molecular flexibility index (Phi) is 4.80. The highest BCUT2D eigenvalue weighted by Gasteiger charge is 2.05. The fourth-order valence-electron chi connectivity index (χ4n) is 1.11. The Bertz CT molecular complexity index is 389. The molecule has 2 amide bonds. The number of rotatable bonds is 4. The molecule has 0 unspecified atom stereocenters. The minimum absolute atomic E-state index is 0.158. The highest BCUT2D eigenvalue weighted by atomic mass is 16.5. The summed E-state index contributed by atoms with van der Waals surface area (Å²) in [6, 6.07) is 6.20. The van der Waals surface area contributed by atoms with Gasteiger partial charge in [-0.05, 0) is 31.2 Å². The number of urea groups is 1. The summed E-state index contributed by atoms with van der Waals surface area (Å²) in [6.45, 7) is 1.83. The summed E-state index contributed by atoms with van der Waals surface area (Å²) in [5, 5.41) is 4.93. The van der Waals surface area contributed by atoms with Crippen molar-refractivity contribution in [3.63, 3.8) is 0 Å². The largest absolute Gasteiger partial charge is 0.465 e. The molecule has 0 aliphatic carbocycles. The van der Waals surface area contributed by atoms with Crippen LogP contribution < -0.4 is 16.4 Å². The molecule has 0 atom stereocenters. The van der Waals surface area contributed by atoms with Gasteiger partial charge in [-0.3, -0.25) is 4.79 Å². The number of hydrogen-bond donors (Lipinski definition) is 3. The first-order chi connectivity index (χ1) is 8.11. The van der Waals surface area contributed by atoms with Gasteiger partial charge in [0.25, 0.3) is 0 Å². The summed E-state index contributed by atoms with van der Waals surface area (Å²) < 4.78 is 4.66. The van der Waals surface area contributed by atoms with Crippen LogP contribution in [0.3, 0.4) is 0 Å². The van der Waals surface area contributed by atoms with Gasteiger partial charge in [-0.2, -0.15) is 0 Å². The minimum atomic E-state index is -0.472. The van der Waals surface area contributed by atoms with Gasteiger partial charge in [0.2, 0.25) is 0 Å². The average molecular weight is 237 g/mol. The molecule has 1 rings (SSSR count). The number of carbonyl (C=O) groups excluding carboxylic acids is 2. The molecule has 0 aliphatic rings. The van der Waals surface area contributed by atoms with Crippen molar-refractivity contribution >= 4 is 23.4 Å². The molecule has 6 nitrogen and oxygen atoms in total. The zero-order chi connectivity index (χ0) is 12.7. The molecule has 4 N–H and O–H groups in total. The maximum atomic E-state index is 11.3. The van der Waals surface area contributed by atoms with E-state index in [0.717, 1.165) is 0 Å². The van der Waals surface area contributed by atoms with Crippen molar-refractivity contribution in [3.05, 3.63) is 24.3 Å². The molecule has 6 heteroatoms. The molecule has 92 valence electrons. The molecule has 0 spiro atoms. The summed E-state index contributed by atoms with van der Waals surface area (Å²) in [4.78, 5) is 22.3. The number of benzene rings is 1. The second-order valence-electron chi connectivity index (χ2n) is 3.23. The van der Waals surface area contributed by atoms with Gasteiger partial charge in [0.1, 0.15) is 6.54 Å². The lowest BCUT2D eigenvalue weighted by atomic mass is 10.3. The van der Waals surface area contributed by atoms with E-state index in [2.05, 4.69) is 15.4 Å². The highest BCUT2D eigenvalue weighted by Crippen LogP contribution is 2.09. The summed E-state index contributed by atoms with van der Waals surface area (Å²) in [5.41, 5.74) is 6.71. The Hall–Kier alpha value is -2.24. The monoisotopic (exact) mass is 237 g/mol. The quantitative estimate of drug-likeness (QED) is 0.537. The first-order valence-corrected chi connectivity index (χ1v) is 5.18. The van der Waals surface area contributed by atoms with Crippen LogP contribution in [-0.2, 0) is 9.53 Å². The van der Waals surface area contributed by atoms with Gasteiger partial charge in [-0.25, -0.2) is 4.79 Å². The molecule has 0 fully saturated rings. The average Bonchev–Trinajstić information content (AvgIpc) is 2.30. The Morgan fingerprint density at radius 3 is 2.53 bits per heavy atom. The van der Waals surface area contributed by atoms with Crippen molar-refractivity contribution in [2.45, 2.75) is 6.92 Å². The molecule has 17 heavy (non-hydrogen) atoms. The number of hydrogen-bond acceptors (Lipinski definition) is 4. The van der Waals surface area contributed by atoms with Gasteiger partial charge in [0.05, 0.1) is 6.61 Å². The van der Waals surface area contributed by atoms with E-state index in [4.69, 9.17) is 5.73 Å². The van der Waals surface area contributed by atoms with Gasteiger partial charge in [0.15, 0.2) is 0 Å². The van der Waals surface area contributed by atoms with E-state index < -0.39 is 12.0 Å². The molecule has 0 aliphatic heterocycles. The van der Waals surface area contributed by atoms with Crippen molar-refractivity contribution in [3.8, 4) is 0 Å². The van der Waals surface area contributed by atoms with Crippen molar-refractivity contribution < 1.29 is 14.3 Å². The molecule has 0 bridgehead atoms. The van der Waals surface area contributed by atoms with Crippen molar-refractivity contribution in [2.24, 2.45) is 0 Å². The van der Waals surface area contributed by atoms with Crippen molar-refractivity contribution in [2.75, 3.05) is 24.2 Å². The van der Waals surface area contributed by atoms with E-state index in [-0.39, 0.29) is 6.54 Å². The van der Waals surface area contributed by atoms with Crippen LogP contribution >= 0.6 is 0 Å². The fraction of sp³-hybridized carbons (Fsp3) is 0.273. The number of esters is 1. The predicted molar refractivity (Wildman–Crippen MR) is 64.5 cm³/mol. The molecule has 0 saturated carbocycles. The maximum absolute atomic E-state index is 11.3. The van der Waals surface area contributed by atoms with E-state index in [1.807, 2.05) is 0 Å². The molecular weight excluding hydrogens is 222 g/mol. The standard InChI is InChI=1S/C11H15N3O3/c1-2-17-10(15)7-13-11(16)14-9-5-3-8(12)4-6-9/h3-6H,2,7,12H2,1H3,(H2,13,14,16). The number of amides is 2. The number of nitrogen functional groups attached to an aromatic ring is 1. The Morgan fingerprint density at radius 1 is 1.29 bits per heavy atom. The Labute approximate surface area is 99.1 Å². The second-order valence-corrected chi connectivity index (χ2v) is 3.23. The first-order valence-electron chi connectivity index (χ1n) is 5.18. The SMILES string of the molecule is CCOC(=O)CNC(=O)Nc1ccc(N)cc1. The van der Waals surface area contributed by atoms with Crippen LogP contribution in [0, 0.1) is 0 Å². The van der Waals surface area contributed by atoms with E-state index >= 15 is 0 Å². The van der Waals surface area contributed by atoms with Crippen molar-refractivity contribution in [1.29, 1.82) is 0 Å². The van der Waals surface area contributed by atoms with Crippen LogP contribution in [0.5, 0.6) is 0 Å². The van der Waals surface area contributed by atoms with Crippen LogP contribution in [-0.4, -0.2) is 25.2 Å². The fourth-order valence-corrected chi connectivity index (χ4v) is 1.11. The lowest BCUT2D eigenvalue weighted by Crippen LogP contribution is -2.34. The van der Waals surface area contributed by atoms with Crippen LogP contribution in [0.2, 0.25) is 0 Å². The Balaban J connectivity index is 2.34. The number of nitrogens with one attached hydrogen (secondary N) is 2. The lowest BCUT2D eigenvalue weighted by molar-refractivity contribution is -0.141. The third-order valence-corrected chi connectivity index (χ3v) is 1.87. The molecule has 1 aromatic carbocycles. The van der Waals surface area contributed by atoms with Crippen LogP contribution in [0.15, 0.2) is 24.3 Å². The van der Waals surface area contributed by atoms with E-state index in [0.29, 0.717) is 18.0 Å². The van der Waals surface area contributed by atoms with E-state index in [1.54, 1.807) is 31.2 Å². The van der Waals surface area contributed by atoms with Gasteiger partial charge in [-0.1, -0.05) is 0 Å². The molecular formula is C11H15N3O3. The number of ether oxygens (including phenoxy) is 1. The van der Waals surface area contributed by atoms with E-state index in [1.165, 1.54) is 0 Å². The number of anilines is 2. The number of nitrogens with two attached hydrogens (primary N) is 1. The van der Waals surface area contributed by atoms with Gasteiger partial charge in [0, 0.05) is 11.4 Å². The second kappa shape index (κ2) is 6.37. The third kappa shape index (κ3) is 4.87. The highest BCUT2D eigenvalue weighted by molar-refractivity contribution is 5.91. The van der Waals surface area contributed by atoms with Gasteiger partial charge in [-0.15, -0.1) is 0 Å². The summed E-state index contributed by atoms with van der Waals surface area (Å²) in [6.07, 6.45) is 0. The molecule has 0 aromatic heterocycles. The zero-order valence-corrected chi connectivity index (χ0v) is 9.53. The minimum Gasteiger partial charge on any atom is -0.465 e. The zero-order valence-electron chi connectivity index (χ0n) is 9.53. The van der Waals surface area contributed by atoms with Gasteiger partial charge < -0.3 is 21.1 Å². The topological polar surface area (TPSA) is 93.4 Å². The number of carbonyl (C=O) groups is 2. The van der Waals surface area contributed by atoms with Crippen LogP contribution in [0.4, 0.5) is 16.2 Å². The van der Waals surface area contributed by atoms with Crippen LogP contribution in [0.1, 0.15) is 6.92 Å². The van der Waals surface area contributed by atoms with Crippen molar-refractivity contribution in [1.82, 2.24) is 5.32 Å². The summed E-state index contributed by atoms with van der Waals surface area (Å²) >= 11 is 0. The van der Waals surface area contributed by atoms with Crippen LogP contribution in [0.25, 0.3) is 0 Å². The van der Waals surface area contributed by atoms with E-state index in [9.17, 15) is 9.59 Å². The maximum Gasteiger partial charge on any atom is 0.325 e. The lowest BCUT2D eigenvalue weighted by Gasteiger charge is -2.07. The van der Waals surface area contributed by atoms with Gasteiger partial charge >= 0.3 is 12.0 Å². The molecule has 1 aromatic rings. The summed E-state index contributed by atoms with van der Waals surface area (Å²) in [5.74, 6) is -0.472. The predicted octanol–water partition coefficient (Wildman–Crippen LogP) is 0.953. The summed E-state index contributed by atoms with van der Waals surface area (Å²) in [7, 11) is 0. The first kappa shape index (κ1) is 12.8. The smallest absolute Gasteiger partial charge is 0.325 e. The molecule has 0 saturated heterocycles. The normalized spacial score (nSPS) is 9.47. The third-order valence-electron chi connectivity index (χ3n) is 1.87. The Morgan fingerprint density at radius 2 is 1.94 bits per heavy atom. The molecule has 0 heterocycles. The molecule has 0 radical (unpaired) electrons.